The van der Waals surface area contributed by atoms with E-state index in [1.807, 2.05) is 56.3 Å². The van der Waals surface area contributed by atoms with Crippen LogP contribution in [-0.4, -0.2) is 57.1 Å². The van der Waals surface area contributed by atoms with Gasteiger partial charge in [-0.15, -0.1) is 0 Å². The van der Waals surface area contributed by atoms with Gasteiger partial charge in [0.1, 0.15) is 23.5 Å². The lowest BCUT2D eigenvalue weighted by molar-refractivity contribution is -0.136. The molecule has 1 N–H and O–H groups in total. The minimum Gasteiger partial charge on any atom is -0.486 e. The zero-order valence-electron chi connectivity index (χ0n) is 24.4. The number of anilines is 1. The van der Waals surface area contributed by atoms with E-state index in [4.69, 9.17) is 19.6 Å². The van der Waals surface area contributed by atoms with Gasteiger partial charge in [-0.1, -0.05) is 24.3 Å². The molecule has 1 unspecified atom stereocenters. The van der Waals surface area contributed by atoms with Crippen molar-refractivity contribution in [1.82, 2.24) is 14.6 Å². The van der Waals surface area contributed by atoms with Crippen molar-refractivity contribution in [2.75, 3.05) is 24.6 Å². The van der Waals surface area contributed by atoms with Gasteiger partial charge in [0.05, 0.1) is 24.3 Å². The first-order valence-corrected chi connectivity index (χ1v) is 14.3. The summed E-state index contributed by atoms with van der Waals surface area (Å²) in [5.74, 6) is 0.125. The first-order chi connectivity index (χ1) is 20.1. The zero-order valence-corrected chi connectivity index (χ0v) is 24.4. The summed E-state index contributed by atoms with van der Waals surface area (Å²) in [6, 6.07) is 12.9. The van der Waals surface area contributed by atoms with Crippen molar-refractivity contribution in [2.45, 2.75) is 58.7 Å². The van der Waals surface area contributed by atoms with Crippen LogP contribution in [0.5, 0.6) is 5.75 Å². The van der Waals surface area contributed by atoms with E-state index in [9.17, 15) is 14.3 Å². The molecular weight excluding hydrogens is 535 g/mol. The molecule has 1 saturated heterocycles. The van der Waals surface area contributed by atoms with Crippen LogP contribution in [0.15, 0.2) is 54.6 Å². The van der Waals surface area contributed by atoms with E-state index in [1.54, 1.807) is 17.5 Å². The van der Waals surface area contributed by atoms with Gasteiger partial charge in [0.15, 0.2) is 5.65 Å². The largest absolute Gasteiger partial charge is 0.486 e. The smallest absolute Gasteiger partial charge is 0.308 e. The van der Waals surface area contributed by atoms with Crippen LogP contribution >= 0.6 is 0 Å². The highest BCUT2D eigenvalue weighted by atomic mass is 19.1. The Morgan fingerprint density at radius 3 is 2.67 bits per heavy atom. The molecule has 3 aliphatic heterocycles. The van der Waals surface area contributed by atoms with Crippen LogP contribution in [0.2, 0.25) is 0 Å². The van der Waals surface area contributed by atoms with E-state index in [0.29, 0.717) is 59.2 Å². The molecular formula is C33H35FN4O4. The lowest BCUT2D eigenvalue weighted by atomic mass is 9.93. The number of piperidine rings is 1. The molecule has 3 aliphatic rings. The third kappa shape index (κ3) is 5.36. The second kappa shape index (κ2) is 10.9. The molecule has 2 aromatic heterocycles. The molecule has 2 aromatic carbocycles. The molecule has 7 rings (SSSR count). The summed E-state index contributed by atoms with van der Waals surface area (Å²) < 4.78 is 29.3. The maximum Gasteiger partial charge on any atom is 0.308 e. The van der Waals surface area contributed by atoms with Gasteiger partial charge in [0.25, 0.3) is 0 Å². The number of aromatic nitrogens is 3. The topological polar surface area (TPSA) is 89.2 Å². The number of carboxylic acid groups (broad SMARTS) is 1. The third-order valence-electron chi connectivity index (χ3n) is 8.31. The van der Waals surface area contributed by atoms with Crippen LogP contribution < -0.4 is 9.64 Å². The molecule has 0 amide bonds. The fourth-order valence-electron chi connectivity index (χ4n) is 5.86. The van der Waals surface area contributed by atoms with Crippen LogP contribution in [0.1, 0.15) is 43.5 Å². The molecule has 1 atom stereocenters. The number of aryl methyl sites for hydroxylation is 2. The Morgan fingerprint density at radius 2 is 1.90 bits per heavy atom. The quantitative estimate of drug-likeness (QED) is 0.289. The van der Waals surface area contributed by atoms with Gasteiger partial charge in [0, 0.05) is 41.5 Å². The summed E-state index contributed by atoms with van der Waals surface area (Å²) in [5, 5.41) is 14.7. The summed E-state index contributed by atoms with van der Waals surface area (Å²) in [7, 11) is 0. The molecule has 8 nitrogen and oxygen atoms in total. The van der Waals surface area contributed by atoms with Gasteiger partial charge < -0.3 is 19.5 Å². The monoisotopic (exact) mass is 570 g/mol. The van der Waals surface area contributed by atoms with Gasteiger partial charge in [-0.2, -0.15) is 9.61 Å². The molecule has 42 heavy (non-hydrogen) atoms. The minimum atomic E-state index is -0.916. The molecule has 0 aliphatic carbocycles. The van der Waals surface area contributed by atoms with Crippen LogP contribution in [-0.2, 0) is 16.0 Å². The molecule has 0 spiro atoms. The number of rotatable bonds is 2. The average Bonchev–Trinajstić information content (AvgIpc) is 3.37. The van der Waals surface area contributed by atoms with Crippen molar-refractivity contribution in [3.63, 3.8) is 0 Å². The predicted molar refractivity (Wildman–Crippen MR) is 160 cm³/mol. The molecule has 5 heterocycles. The highest BCUT2D eigenvalue weighted by Crippen LogP contribution is 2.37. The van der Waals surface area contributed by atoms with E-state index in [0.717, 1.165) is 29.8 Å². The maximum absolute atomic E-state index is 14.8. The number of nitrogens with zero attached hydrogens (tertiary/aromatic N) is 4. The van der Waals surface area contributed by atoms with E-state index in [2.05, 4.69) is 11.8 Å². The summed E-state index contributed by atoms with van der Waals surface area (Å²) in [6.07, 6.45) is 5.08. The van der Waals surface area contributed by atoms with Crippen LogP contribution in [0.25, 0.3) is 28.0 Å². The fraction of sp³-hybridized carbons (Fsp3) is 0.364. The number of benzene rings is 2. The van der Waals surface area contributed by atoms with Gasteiger partial charge >= 0.3 is 5.97 Å². The summed E-state index contributed by atoms with van der Waals surface area (Å²) in [4.78, 5) is 18.9. The Hall–Kier alpha value is -4.24. The summed E-state index contributed by atoms with van der Waals surface area (Å²) in [5.41, 5.74) is 5.11. The minimum absolute atomic E-state index is 0.149. The van der Waals surface area contributed by atoms with Crippen molar-refractivity contribution in [1.29, 1.82) is 0 Å². The first-order valence-electron chi connectivity index (χ1n) is 14.3. The molecule has 4 aromatic rings. The zero-order chi connectivity index (χ0) is 29.6. The average molecular weight is 571 g/mol. The second-order valence-electron chi connectivity index (χ2n) is 11.5. The van der Waals surface area contributed by atoms with E-state index < -0.39 is 5.97 Å². The fourth-order valence-corrected chi connectivity index (χ4v) is 5.86. The Morgan fingerprint density at radius 1 is 1.14 bits per heavy atom. The molecule has 0 radical (unpaired) electrons. The number of hydrogen-bond acceptors (Lipinski definition) is 6. The molecule has 6 bridgehead atoms. The van der Waals surface area contributed by atoms with Gasteiger partial charge in [-0.3, -0.25) is 4.79 Å². The summed E-state index contributed by atoms with van der Waals surface area (Å²) in [6.45, 7) is 9.48. The SMILES string of the molecule is Cc1cc2c(cc1F)-c1cccc(c1)-c1cc3nc(C)c(CC(=O)O)c(n3n1)N1CCC(C)(CC1)OC/C=C/C(C)O2. The van der Waals surface area contributed by atoms with Crippen LogP contribution in [0.3, 0.4) is 0 Å². The Balaban J connectivity index is 1.54. The standard InChI is InChI=1S/C33H35FN4O4/c1-20-15-29-26(17-27(20)34)23-8-5-9-24(16-23)28-19-30-35-22(3)25(18-31(39)40)32(38(30)36-28)37-12-10-33(4,11-13-37)41-14-6-7-21(2)42-29/h5-9,15-17,19,21H,10-14,18H2,1-4H3,(H,39,40)/b7-6+. The summed E-state index contributed by atoms with van der Waals surface area (Å²) >= 11 is 0. The van der Waals surface area contributed by atoms with Crippen molar-refractivity contribution in [2.24, 2.45) is 0 Å². The number of carbonyl (C=O) groups is 1. The van der Waals surface area contributed by atoms with Gasteiger partial charge in [-0.25, -0.2) is 9.37 Å². The number of carboxylic acids is 1. The first kappa shape index (κ1) is 27.9. The van der Waals surface area contributed by atoms with Crippen LogP contribution in [0.4, 0.5) is 10.2 Å². The van der Waals surface area contributed by atoms with Crippen LogP contribution in [0, 0.1) is 19.7 Å². The Labute approximate surface area is 244 Å². The number of halogens is 1. The number of hydrogen-bond donors (Lipinski definition) is 1. The number of fused-ring (bicyclic) bond motifs is 6. The third-order valence-corrected chi connectivity index (χ3v) is 8.31. The lowest BCUT2D eigenvalue weighted by Crippen LogP contribution is -2.45. The highest BCUT2D eigenvalue weighted by Gasteiger charge is 2.33. The molecule has 1 fully saturated rings. The van der Waals surface area contributed by atoms with Crippen molar-refractivity contribution in [3.05, 3.63) is 77.3 Å². The van der Waals surface area contributed by atoms with Gasteiger partial charge in [-0.05, 0) is 75.9 Å². The van der Waals surface area contributed by atoms with E-state index in [1.165, 1.54) is 6.07 Å². The maximum atomic E-state index is 14.8. The van der Waals surface area contributed by atoms with Crippen molar-refractivity contribution >= 4 is 17.4 Å². The Bertz CT molecular complexity index is 1700. The molecule has 218 valence electrons. The lowest BCUT2D eigenvalue weighted by Gasteiger charge is -2.40. The predicted octanol–water partition coefficient (Wildman–Crippen LogP) is 6.16. The normalized spacial score (nSPS) is 21.4. The highest BCUT2D eigenvalue weighted by molar-refractivity contribution is 5.78. The number of ether oxygens (including phenoxy) is 2. The van der Waals surface area contributed by atoms with Crippen molar-refractivity contribution in [3.8, 4) is 28.1 Å². The van der Waals surface area contributed by atoms with Crippen molar-refractivity contribution < 1.29 is 23.8 Å². The molecule has 0 saturated carbocycles. The van der Waals surface area contributed by atoms with E-state index >= 15 is 0 Å². The van der Waals surface area contributed by atoms with Gasteiger partial charge in [0.2, 0.25) is 0 Å². The Kier molecular flexibility index (Phi) is 7.22. The molecule has 9 heteroatoms. The second-order valence-corrected chi connectivity index (χ2v) is 11.5. The van der Waals surface area contributed by atoms with E-state index in [-0.39, 0.29) is 23.9 Å². The number of aliphatic carboxylic acids is 1.